The number of non-ortho nitro benzene ring substituents is 1. The first-order valence-electron chi connectivity index (χ1n) is 5.58. The highest BCUT2D eigenvalue weighted by Crippen LogP contribution is 2.22. The lowest BCUT2D eigenvalue weighted by atomic mass is 10.2. The molecule has 0 aromatic heterocycles. The fourth-order valence-electron chi connectivity index (χ4n) is 1.60. The summed E-state index contributed by atoms with van der Waals surface area (Å²) in [6.07, 6.45) is 0. The number of halogens is 3. The zero-order chi connectivity index (χ0) is 15.6. The van der Waals surface area contributed by atoms with Gasteiger partial charge in [-0.2, -0.15) is 0 Å². The molecule has 0 spiro atoms. The first kappa shape index (κ1) is 15.0. The molecule has 2 aromatic rings. The second-order valence-corrected chi connectivity index (χ2v) is 4.95. The molecular weight excluding hydrogens is 350 g/mol. The third-order valence-corrected chi connectivity index (χ3v) is 2.99. The second-order valence-electron chi connectivity index (χ2n) is 4.03. The molecule has 0 aliphatic heterocycles. The van der Waals surface area contributed by atoms with E-state index in [4.69, 9.17) is 0 Å². The van der Waals surface area contributed by atoms with E-state index in [2.05, 4.69) is 21.2 Å². The zero-order valence-electron chi connectivity index (χ0n) is 10.3. The molecule has 108 valence electrons. The lowest BCUT2D eigenvalue weighted by Crippen LogP contribution is -2.13. The summed E-state index contributed by atoms with van der Waals surface area (Å²) in [7, 11) is 0. The summed E-state index contributed by atoms with van der Waals surface area (Å²) in [4.78, 5) is 21.8. The van der Waals surface area contributed by atoms with Crippen LogP contribution in [0.1, 0.15) is 10.4 Å². The van der Waals surface area contributed by atoms with Gasteiger partial charge in [-0.1, -0.05) is 15.9 Å². The summed E-state index contributed by atoms with van der Waals surface area (Å²) in [5.41, 5.74) is -0.769. The normalized spacial score (nSPS) is 10.2. The highest BCUT2D eigenvalue weighted by molar-refractivity contribution is 9.10. The number of nitrogens with one attached hydrogen (secondary N) is 1. The summed E-state index contributed by atoms with van der Waals surface area (Å²) in [5.74, 6) is -2.26. The predicted molar refractivity (Wildman–Crippen MR) is 75.1 cm³/mol. The first-order chi connectivity index (χ1) is 9.86. The average Bonchev–Trinajstić information content (AvgIpc) is 2.39. The van der Waals surface area contributed by atoms with Crippen molar-refractivity contribution in [1.29, 1.82) is 0 Å². The number of amides is 1. The predicted octanol–water partition coefficient (Wildman–Crippen LogP) is 3.89. The van der Waals surface area contributed by atoms with Crippen LogP contribution in [0.4, 0.5) is 20.2 Å². The molecule has 5 nitrogen and oxygen atoms in total. The molecule has 0 saturated heterocycles. The Hall–Kier alpha value is -2.35. The van der Waals surface area contributed by atoms with Gasteiger partial charge in [0.1, 0.15) is 11.6 Å². The van der Waals surface area contributed by atoms with E-state index in [0.29, 0.717) is 4.47 Å². The molecule has 0 radical (unpaired) electrons. The molecule has 0 unspecified atom stereocenters. The minimum Gasteiger partial charge on any atom is -0.319 e. The van der Waals surface area contributed by atoms with Crippen molar-refractivity contribution in [2.24, 2.45) is 0 Å². The van der Waals surface area contributed by atoms with Crippen molar-refractivity contribution < 1.29 is 18.5 Å². The molecular formula is C13H7BrF2N2O3. The van der Waals surface area contributed by atoms with Gasteiger partial charge in [-0.25, -0.2) is 8.78 Å². The molecule has 1 N–H and O–H groups in total. The van der Waals surface area contributed by atoms with Crippen LogP contribution in [0.5, 0.6) is 0 Å². The van der Waals surface area contributed by atoms with E-state index in [0.717, 1.165) is 30.3 Å². The summed E-state index contributed by atoms with van der Waals surface area (Å²) < 4.78 is 27.1. The number of carbonyl (C=O) groups is 1. The Labute approximate surface area is 125 Å². The minimum atomic E-state index is -0.829. The summed E-state index contributed by atoms with van der Waals surface area (Å²) in [6, 6.07) is 6.20. The monoisotopic (exact) mass is 356 g/mol. The number of carbonyl (C=O) groups excluding carboxylic acids is 1. The van der Waals surface area contributed by atoms with E-state index in [-0.39, 0.29) is 16.9 Å². The van der Waals surface area contributed by atoms with Crippen molar-refractivity contribution >= 4 is 33.2 Å². The Morgan fingerprint density at radius 2 is 1.90 bits per heavy atom. The quantitative estimate of drug-likeness (QED) is 0.669. The number of benzene rings is 2. The summed E-state index contributed by atoms with van der Waals surface area (Å²) >= 11 is 3.03. The molecule has 0 saturated carbocycles. The van der Waals surface area contributed by atoms with Crippen LogP contribution in [-0.4, -0.2) is 10.8 Å². The Kier molecular flexibility index (Phi) is 4.27. The van der Waals surface area contributed by atoms with Crippen molar-refractivity contribution in [2.45, 2.75) is 0 Å². The van der Waals surface area contributed by atoms with E-state index in [1.807, 2.05) is 0 Å². The third kappa shape index (κ3) is 3.60. The highest BCUT2D eigenvalue weighted by Gasteiger charge is 2.15. The van der Waals surface area contributed by atoms with Gasteiger partial charge < -0.3 is 5.32 Å². The minimum absolute atomic E-state index is 0.0484. The summed E-state index contributed by atoms with van der Waals surface area (Å²) in [5, 5.41) is 12.8. The lowest BCUT2D eigenvalue weighted by molar-refractivity contribution is -0.384. The fraction of sp³-hybridized carbons (Fsp3) is 0. The Morgan fingerprint density at radius 3 is 2.52 bits per heavy atom. The van der Waals surface area contributed by atoms with Crippen molar-refractivity contribution in [1.82, 2.24) is 0 Å². The van der Waals surface area contributed by atoms with E-state index in [1.165, 1.54) is 6.07 Å². The SMILES string of the molecule is O=C(Nc1cc([N+](=O)[O-])ccc1F)c1cc(F)cc(Br)c1. The lowest BCUT2D eigenvalue weighted by Gasteiger charge is -2.07. The number of nitro groups is 1. The maximum atomic E-state index is 13.5. The van der Waals surface area contributed by atoms with Crippen molar-refractivity contribution in [3.8, 4) is 0 Å². The highest BCUT2D eigenvalue weighted by atomic mass is 79.9. The Morgan fingerprint density at radius 1 is 1.19 bits per heavy atom. The van der Waals surface area contributed by atoms with Gasteiger partial charge in [0.2, 0.25) is 0 Å². The smallest absolute Gasteiger partial charge is 0.271 e. The van der Waals surface area contributed by atoms with Crippen LogP contribution in [-0.2, 0) is 0 Å². The van der Waals surface area contributed by atoms with Crippen molar-refractivity contribution in [3.05, 3.63) is 68.2 Å². The molecule has 8 heteroatoms. The number of hydrogen-bond acceptors (Lipinski definition) is 3. The Balaban J connectivity index is 2.31. The largest absolute Gasteiger partial charge is 0.319 e. The summed E-state index contributed by atoms with van der Waals surface area (Å²) in [6.45, 7) is 0. The van der Waals surface area contributed by atoms with Gasteiger partial charge in [0.15, 0.2) is 0 Å². The third-order valence-electron chi connectivity index (χ3n) is 2.53. The van der Waals surface area contributed by atoms with Gasteiger partial charge in [-0.3, -0.25) is 14.9 Å². The van der Waals surface area contributed by atoms with Gasteiger partial charge in [-0.15, -0.1) is 0 Å². The van der Waals surface area contributed by atoms with E-state index in [1.54, 1.807) is 0 Å². The topological polar surface area (TPSA) is 72.2 Å². The van der Waals surface area contributed by atoms with Crippen LogP contribution < -0.4 is 5.32 Å². The zero-order valence-corrected chi connectivity index (χ0v) is 11.9. The first-order valence-corrected chi connectivity index (χ1v) is 6.37. The molecule has 1 amide bonds. The van der Waals surface area contributed by atoms with Crippen LogP contribution in [0.3, 0.4) is 0 Å². The van der Waals surface area contributed by atoms with Gasteiger partial charge in [-0.05, 0) is 24.3 Å². The molecule has 0 atom stereocenters. The number of hydrogen-bond donors (Lipinski definition) is 1. The van der Waals surface area contributed by atoms with Gasteiger partial charge in [0, 0.05) is 22.2 Å². The fourth-order valence-corrected chi connectivity index (χ4v) is 2.07. The van der Waals surface area contributed by atoms with Crippen LogP contribution in [0.25, 0.3) is 0 Å². The molecule has 21 heavy (non-hydrogen) atoms. The second kappa shape index (κ2) is 5.96. The van der Waals surface area contributed by atoms with Crippen LogP contribution >= 0.6 is 15.9 Å². The number of anilines is 1. The number of nitro benzene ring substituents is 1. The van der Waals surface area contributed by atoms with Gasteiger partial charge in [0.05, 0.1) is 10.6 Å². The maximum Gasteiger partial charge on any atom is 0.271 e. The van der Waals surface area contributed by atoms with E-state index in [9.17, 15) is 23.7 Å². The molecule has 0 aliphatic carbocycles. The number of rotatable bonds is 3. The average molecular weight is 357 g/mol. The standard InChI is InChI=1S/C13H7BrF2N2O3/c14-8-3-7(4-9(15)5-8)13(19)17-12-6-10(18(20)21)1-2-11(12)16/h1-6H,(H,17,19). The molecule has 0 fully saturated rings. The van der Waals surface area contributed by atoms with Crippen LogP contribution in [0, 0.1) is 21.7 Å². The van der Waals surface area contributed by atoms with E-state index < -0.39 is 22.5 Å². The Bertz CT molecular complexity index is 717. The molecule has 0 aliphatic rings. The molecule has 2 aromatic carbocycles. The maximum absolute atomic E-state index is 13.5. The number of nitrogens with zero attached hydrogens (tertiary/aromatic N) is 1. The molecule has 0 bridgehead atoms. The van der Waals surface area contributed by atoms with Gasteiger partial charge >= 0.3 is 0 Å². The molecule has 0 heterocycles. The van der Waals surface area contributed by atoms with Gasteiger partial charge in [0.25, 0.3) is 11.6 Å². The van der Waals surface area contributed by atoms with Crippen molar-refractivity contribution in [3.63, 3.8) is 0 Å². The molecule has 2 rings (SSSR count). The van der Waals surface area contributed by atoms with Crippen LogP contribution in [0.15, 0.2) is 40.9 Å². The van der Waals surface area contributed by atoms with Crippen molar-refractivity contribution in [2.75, 3.05) is 5.32 Å². The van der Waals surface area contributed by atoms with E-state index >= 15 is 0 Å². The van der Waals surface area contributed by atoms with Crippen LogP contribution in [0.2, 0.25) is 0 Å².